The maximum atomic E-state index is 10.7. The molecule has 0 N–H and O–H groups in total. The molecular weight excluding hydrogens is 175 g/mol. The Morgan fingerprint density at radius 2 is 2.17 bits per heavy atom. The third-order valence-corrected chi connectivity index (χ3v) is 2.20. The summed E-state index contributed by atoms with van der Waals surface area (Å²) in [7, 11) is -2.30. The Morgan fingerprint density at radius 3 is 2.75 bits per heavy atom. The molecule has 4 heteroatoms. The molecule has 0 heterocycles. The largest absolute Gasteiger partial charge is 0.435 e. The molecular formula is C8H17O3P. The van der Waals surface area contributed by atoms with E-state index in [1.807, 2.05) is 0 Å². The second-order valence-corrected chi connectivity index (χ2v) is 3.47. The summed E-state index contributed by atoms with van der Waals surface area (Å²) in [5.74, 6) is 0. The van der Waals surface area contributed by atoms with Gasteiger partial charge < -0.3 is 9.05 Å². The lowest BCUT2D eigenvalue weighted by molar-refractivity contribution is 0.265. The molecule has 0 fully saturated rings. The number of rotatable bonds is 8. The standard InChI is InChI=1S/C8H17O3P/c1-3-5-6-7-8-11-12(9)10-4-2/h4,12H,2-3,5-8H2,1H3. The van der Waals surface area contributed by atoms with Gasteiger partial charge in [-0.1, -0.05) is 32.8 Å². The van der Waals surface area contributed by atoms with Gasteiger partial charge in [-0.05, 0) is 6.42 Å². The molecule has 0 aliphatic rings. The Bertz CT molecular complexity index is 136. The smallest absolute Gasteiger partial charge is 0.367 e. The van der Waals surface area contributed by atoms with Gasteiger partial charge >= 0.3 is 8.25 Å². The van der Waals surface area contributed by atoms with Crippen molar-refractivity contribution in [1.82, 2.24) is 0 Å². The molecule has 0 saturated heterocycles. The molecule has 0 bridgehead atoms. The summed E-state index contributed by atoms with van der Waals surface area (Å²) in [6, 6.07) is 0. The zero-order chi connectivity index (χ0) is 9.23. The van der Waals surface area contributed by atoms with Crippen LogP contribution in [0.15, 0.2) is 12.8 Å². The average molecular weight is 192 g/mol. The summed E-state index contributed by atoms with van der Waals surface area (Å²) in [5.41, 5.74) is 0. The number of hydrogen-bond donors (Lipinski definition) is 0. The van der Waals surface area contributed by atoms with E-state index in [1.165, 1.54) is 12.8 Å². The normalized spacial score (nSPS) is 12.4. The van der Waals surface area contributed by atoms with Crippen LogP contribution in [-0.2, 0) is 13.6 Å². The van der Waals surface area contributed by atoms with Crippen molar-refractivity contribution in [2.45, 2.75) is 32.6 Å². The number of unbranched alkanes of at least 4 members (excludes halogenated alkanes) is 3. The van der Waals surface area contributed by atoms with Crippen LogP contribution in [0.5, 0.6) is 0 Å². The van der Waals surface area contributed by atoms with Crippen molar-refractivity contribution < 1.29 is 13.6 Å². The van der Waals surface area contributed by atoms with Gasteiger partial charge in [-0.25, -0.2) is 4.57 Å². The summed E-state index contributed by atoms with van der Waals surface area (Å²) in [6.07, 6.45) is 5.61. The van der Waals surface area contributed by atoms with Crippen molar-refractivity contribution in [3.63, 3.8) is 0 Å². The van der Waals surface area contributed by atoms with Crippen LogP contribution in [-0.4, -0.2) is 6.61 Å². The van der Waals surface area contributed by atoms with Gasteiger partial charge in [0.05, 0.1) is 12.9 Å². The van der Waals surface area contributed by atoms with Crippen LogP contribution < -0.4 is 0 Å². The minimum atomic E-state index is -2.30. The van der Waals surface area contributed by atoms with E-state index < -0.39 is 8.25 Å². The third-order valence-electron chi connectivity index (χ3n) is 1.40. The maximum Gasteiger partial charge on any atom is 0.367 e. The molecule has 3 nitrogen and oxygen atoms in total. The Morgan fingerprint density at radius 1 is 1.42 bits per heavy atom. The van der Waals surface area contributed by atoms with E-state index in [4.69, 9.17) is 4.52 Å². The summed E-state index contributed by atoms with van der Waals surface area (Å²) in [5, 5.41) is 0. The summed E-state index contributed by atoms with van der Waals surface area (Å²) in [6.45, 7) is 5.94. The molecule has 0 amide bonds. The van der Waals surface area contributed by atoms with Crippen molar-refractivity contribution in [2.24, 2.45) is 0 Å². The monoisotopic (exact) mass is 192 g/mol. The molecule has 0 radical (unpaired) electrons. The zero-order valence-electron chi connectivity index (χ0n) is 7.54. The van der Waals surface area contributed by atoms with Gasteiger partial charge in [-0.3, -0.25) is 0 Å². The highest BCUT2D eigenvalue weighted by atomic mass is 31.1. The minimum absolute atomic E-state index is 0.519. The van der Waals surface area contributed by atoms with E-state index in [-0.39, 0.29) is 0 Å². The fraction of sp³-hybridized carbons (Fsp3) is 0.750. The van der Waals surface area contributed by atoms with Crippen molar-refractivity contribution in [3.8, 4) is 0 Å². The first-order valence-corrected chi connectivity index (χ1v) is 5.48. The lowest BCUT2D eigenvalue weighted by Crippen LogP contribution is -1.87. The van der Waals surface area contributed by atoms with Gasteiger partial charge in [-0.15, -0.1) is 0 Å². The van der Waals surface area contributed by atoms with Crippen LogP contribution in [0.1, 0.15) is 32.6 Å². The minimum Gasteiger partial charge on any atom is -0.435 e. The molecule has 0 rings (SSSR count). The Balaban J connectivity index is 3.08. The quantitative estimate of drug-likeness (QED) is 0.336. The Kier molecular flexibility index (Phi) is 8.62. The van der Waals surface area contributed by atoms with E-state index >= 15 is 0 Å². The predicted octanol–water partition coefficient (Wildman–Crippen LogP) is 3.13. The van der Waals surface area contributed by atoms with Crippen molar-refractivity contribution in [2.75, 3.05) is 6.61 Å². The highest BCUT2D eigenvalue weighted by molar-refractivity contribution is 7.33. The molecule has 0 aliphatic heterocycles. The van der Waals surface area contributed by atoms with E-state index in [1.54, 1.807) is 0 Å². The SMILES string of the molecule is C=CO[PH](=O)OCCCCCC. The van der Waals surface area contributed by atoms with Crippen LogP contribution in [0.3, 0.4) is 0 Å². The fourth-order valence-electron chi connectivity index (χ4n) is 0.786. The van der Waals surface area contributed by atoms with Gasteiger partial charge in [0, 0.05) is 0 Å². The first-order chi connectivity index (χ1) is 5.81. The maximum absolute atomic E-state index is 10.7. The average Bonchev–Trinajstić information content (AvgIpc) is 2.05. The van der Waals surface area contributed by atoms with Gasteiger partial charge in [-0.2, -0.15) is 0 Å². The lowest BCUT2D eigenvalue weighted by atomic mass is 10.2. The number of hydrogen-bond acceptors (Lipinski definition) is 3. The third kappa shape index (κ3) is 7.83. The fourth-order valence-corrected chi connectivity index (χ4v) is 1.30. The molecule has 0 aliphatic carbocycles. The summed E-state index contributed by atoms with van der Waals surface area (Å²) < 4.78 is 20.2. The highest BCUT2D eigenvalue weighted by Gasteiger charge is 1.95. The first kappa shape index (κ1) is 11.7. The Labute approximate surface area is 74.7 Å². The van der Waals surface area contributed by atoms with Crippen molar-refractivity contribution in [3.05, 3.63) is 12.8 Å². The molecule has 0 aromatic rings. The van der Waals surface area contributed by atoms with Crippen LogP contribution in [0.25, 0.3) is 0 Å². The molecule has 72 valence electrons. The van der Waals surface area contributed by atoms with Gasteiger partial charge in [0.25, 0.3) is 0 Å². The topological polar surface area (TPSA) is 35.5 Å². The molecule has 1 unspecified atom stereocenters. The second kappa shape index (κ2) is 8.82. The lowest BCUT2D eigenvalue weighted by Gasteiger charge is -2.02. The van der Waals surface area contributed by atoms with E-state index in [2.05, 4.69) is 18.0 Å². The first-order valence-electron chi connectivity index (χ1n) is 4.25. The molecule has 0 aromatic carbocycles. The van der Waals surface area contributed by atoms with Crippen LogP contribution in [0.4, 0.5) is 0 Å². The molecule has 1 atom stereocenters. The van der Waals surface area contributed by atoms with Crippen LogP contribution in [0, 0.1) is 0 Å². The van der Waals surface area contributed by atoms with Gasteiger partial charge in [0.15, 0.2) is 0 Å². The highest BCUT2D eigenvalue weighted by Crippen LogP contribution is 2.23. The Hall–Kier alpha value is -0.270. The van der Waals surface area contributed by atoms with Gasteiger partial charge in [0.2, 0.25) is 0 Å². The van der Waals surface area contributed by atoms with E-state index in [0.717, 1.165) is 19.1 Å². The van der Waals surface area contributed by atoms with Gasteiger partial charge in [0.1, 0.15) is 0 Å². The molecule has 0 saturated carbocycles. The van der Waals surface area contributed by atoms with E-state index in [9.17, 15) is 4.57 Å². The van der Waals surface area contributed by atoms with Crippen LogP contribution in [0.2, 0.25) is 0 Å². The zero-order valence-corrected chi connectivity index (χ0v) is 8.54. The second-order valence-electron chi connectivity index (χ2n) is 2.44. The molecule has 0 aromatic heterocycles. The predicted molar refractivity (Wildman–Crippen MR) is 50.4 cm³/mol. The summed E-state index contributed by atoms with van der Waals surface area (Å²) in [4.78, 5) is 0. The van der Waals surface area contributed by atoms with Crippen LogP contribution >= 0.6 is 8.25 Å². The molecule has 0 spiro atoms. The molecule has 12 heavy (non-hydrogen) atoms. The summed E-state index contributed by atoms with van der Waals surface area (Å²) >= 11 is 0. The van der Waals surface area contributed by atoms with E-state index in [0.29, 0.717) is 6.61 Å². The van der Waals surface area contributed by atoms with Crippen molar-refractivity contribution in [1.29, 1.82) is 0 Å². The van der Waals surface area contributed by atoms with Crippen molar-refractivity contribution >= 4 is 8.25 Å².